The Morgan fingerprint density at radius 1 is 1.45 bits per heavy atom. The molecule has 0 saturated carbocycles. The van der Waals surface area contributed by atoms with Crippen molar-refractivity contribution < 1.29 is 13.6 Å². The van der Waals surface area contributed by atoms with E-state index in [1.807, 2.05) is 0 Å². The van der Waals surface area contributed by atoms with Crippen molar-refractivity contribution in [2.45, 2.75) is 33.3 Å². The maximum absolute atomic E-state index is 11.2. The van der Waals surface area contributed by atoms with Crippen molar-refractivity contribution in [3.8, 4) is 0 Å². The molecular formula is C6H14ClO3P. The molecule has 68 valence electrons. The molecule has 0 fully saturated rings. The van der Waals surface area contributed by atoms with E-state index in [-0.39, 0.29) is 6.61 Å². The molecule has 0 aromatic carbocycles. The third kappa shape index (κ3) is 6.82. The van der Waals surface area contributed by atoms with Crippen LogP contribution in [0.4, 0.5) is 0 Å². The van der Waals surface area contributed by atoms with Crippen LogP contribution in [-0.2, 0) is 13.6 Å². The summed E-state index contributed by atoms with van der Waals surface area (Å²) >= 11 is 5.43. The average molecular weight is 201 g/mol. The second-order valence-corrected chi connectivity index (χ2v) is 5.60. The van der Waals surface area contributed by atoms with Gasteiger partial charge in [-0.3, -0.25) is 9.05 Å². The van der Waals surface area contributed by atoms with E-state index in [1.165, 1.54) is 0 Å². The molecule has 0 spiro atoms. The summed E-state index contributed by atoms with van der Waals surface area (Å²) in [7, 11) is 0. The molecule has 5 heteroatoms. The van der Waals surface area contributed by atoms with Crippen molar-refractivity contribution in [1.82, 2.24) is 0 Å². The fourth-order valence-corrected chi connectivity index (χ4v) is 2.44. The molecule has 0 aliphatic carbocycles. The second-order valence-electron chi connectivity index (χ2n) is 3.05. The Morgan fingerprint density at radius 2 is 1.91 bits per heavy atom. The van der Waals surface area contributed by atoms with Crippen molar-refractivity contribution in [3.05, 3.63) is 0 Å². The second kappa shape index (κ2) is 3.90. The molecule has 0 aliphatic rings. The van der Waals surface area contributed by atoms with Crippen molar-refractivity contribution >= 4 is 18.2 Å². The average Bonchev–Trinajstić information content (AvgIpc) is 1.55. The van der Waals surface area contributed by atoms with E-state index >= 15 is 0 Å². The van der Waals surface area contributed by atoms with Gasteiger partial charge in [-0.25, -0.2) is 4.57 Å². The smallest absolute Gasteiger partial charge is 0.297 e. The SMILES string of the molecule is CCOP(=O)(Cl)OC(C)(C)C. The normalized spacial score (nSPS) is 17.9. The highest BCUT2D eigenvalue weighted by Gasteiger charge is 2.27. The van der Waals surface area contributed by atoms with Gasteiger partial charge in [0, 0.05) is 11.2 Å². The topological polar surface area (TPSA) is 35.5 Å². The van der Waals surface area contributed by atoms with Crippen LogP contribution in [0.15, 0.2) is 0 Å². The van der Waals surface area contributed by atoms with Crippen molar-refractivity contribution in [3.63, 3.8) is 0 Å². The van der Waals surface area contributed by atoms with Gasteiger partial charge in [0.1, 0.15) is 0 Å². The largest absolute Gasteiger partial charge is 0.424 e. The quantitative estimate of drug-likeness (QED) is 0.657. The molecule has 0 aromatic rings. The zero-order valence-corrected chi connectivity index (χ0v) is 8.91. The summed E-state index contributed by atoms with van der Waals surface area (Å²) < 4.78 is 20.8. The molecule has 0 N–H and O–H groups in total. The fraction of sp³-hybridized carbons (Fsp3) is 1.00. The lowest BCUT2D eigenvalue weighted by Crippen LogP contribution is -2.16. The molecule has 0 saturated heterocycles. The van der Waals surface area contributed by atoms with E-state index in [1.54, 1.807) is 27.7 Å². The lowest BCUT2D eigenvalue weighted by atomic mass is 10.2. The van der Waals surface area contributed by atoms with E-state index < -0.39 is 12.5 Å². The van der Waals surface area contributed by atoms with Crippen LogP contribution in [0, 0.1) is 0 Å². The van der Waals surface area contributed by atoms with Gasteiger partial charge in [-0.1, -0.05) is 0 Å². The van der Waals surface area contributed by atoms with E-state index in [0.717, 1.165) is 0 Å². The molecule has 0 bridgehead atoms. The number of halogens is 1. The minimum atomic E-state index is -3.34. The molecule has 1 atom stereocenters. The first-order valence-corrected chi connectivity index (χ1v) is 5.86. The van der Waals surface area contributed by atoms with Gasteiger partial charge >= 0.3 is 6.95 Å². The minimum Gasteiger partial charge on any atom is -0.297 e. The molecule has 0 amide bonds. The Labute approximate surface area is 72.3 Å². The molecule has 0 heterocycles. The Morgan fingerprint density at radius 3 is 2.18 bits per heavy atom. The van der Waals surface area contributed by atoms with Gasteiger partial charge in [0.05, 0.1) is 12.2 Å². The summed E-state index contributed by atoms with van der Waals surface area (Å²) in [4.78, 5) is 0. The van der Waals surface area contributed by atoms with Crippen LogP contribution in [0.25, 0.3) is 0 Å². The third-order valence-electron chi connectivity index (χ3n) is 0.666. The lowest BCUT2D eigenvalue weighted by Gasteiger charge is -2.21. The zero-order valence-electron chi connectivity index (χ0n) is 7.26. The van der Waals surface area contributed by atoms with Crippen molar-refractivity contribution in [1.29, 1.82) is 0 Å². The van der Waals surface area contributed by atoms with Crippen LogP contribution < -0.4 is 0 Å². The highest BCUT2D eigenvalue weighted by molar-refractivity contribution is 7.81. The molecule has 3 nitrogen and oxygen atoms in total. The molecule has 11 heavy (non-hydrogen) atoms. The summed E-state index contributed by atoms with van der Waals surface area (Å²) in [5, 5.41) is 0. The van der Waals surface area contributed by atoms with Crippen LogP contribution >= 0.6 is 18.2 Å². The first-order valence-electron chi connectivity index (χ1n) is 3.42. The summed E-state index contributed by atoms with van der Waals surface area (Å²) in [5.41, 5.74) is -0.535. The molecule has 0 aromatic heterocycles. The van der Waals surface area contributed by atoms with Crippen LogP contribution in [0.5, 0.6) is 0 Å². The highest BCUT2D eigenvalue weighted by Crippen LogP contribution is 2.56. The van der Waals surface area contributed by atoms with Gasteiger partial charge in [-0.2, -0.15) is 0 Å². The minimum absolute atomic E-state index is 0.289. The zero-order chi connectivity index (χ0) is 9.12. The van der Waals surface area contributed by atoms with Gasteiger partial charge in [0.25, 0.3) is 0 Å². The van der Waals surface area contributed by atoms with Crippen molar-refractivity contribution in [2.75, 3.05) is 6.61 Å². The van der Waals surface area contributed by atoms with Crippen molar-refractivity contribution in [2.24, 2.45) is 0 Å². The molecular weight excluding hydrogens is 186 g/mol. The highest BCUT2D eigenvalue weighted by atomic mass is 35.7. The number of hydrogen-bond donors (Lipinski definition) is 0. The molecule has 0 rings (SSSR count). The summed E-state index contributed by atoms with van der Waals surface area (Å²) in [6.07, 6.45) is 0. The monoisotopic (exact) mass is 200 g/mol. The fourth-order valence-electron chi connectivity index (χ4n) is 0.508. The van der Waals surface area contributed by atoms with Gasteiger partial charge in [-0.05, 0) is 27.7 Å². The predicted octanol–water partition coefficient (Wildman–Crippen LogP) is 3.18. The molecule has 0 aliphatic heterocycles. The van der Waals surface area contributed by atoms with Gasteiger partial charge in [0.15, 0.2) is 0 Å². The summed E-state index contributed by atoms with van der Waals surface area (Å²) in [6.45, 7) is 3.95. The maximum Gasteiger partial charge on any atom is 0.424 e. The van der Waals surface area contributed by atoms with Crippen LogP contribution in [0.3, 0.4) is 0 Å². The van der Waals surface area contributed by atoms with E-state index in [4.69, 9.17) is 20.3 Å². The van der Waals surface area contributed by atoms with Crippen LogP contribution in [0.2, 0.25) is 0 Å². The standard InChI is InChI=1S/C6H14ClO3P/c1-5-9-11(7,8)10-6(2,3)4/h5H2,1-4H3. The van der Waals surface area contributed by atoms with Gasteiger partial charge < -0.3 is 0 Å². The summed E-state index contributed by atoms with van der Waals surface area (Å²) in [6, 6.07) is 0. The Bertz CT molecular complexity index is 164. The molecule has 0 radical (unpaired) electrons. The Balaban J connectivity index is 4.03. The Hall–Kier alpha value is 0.440. The van der Waals surface area contributed by atoms with Gasteiger partial charge in [0.2, 0.25) is 0 Å². The molecule has 1 unspecified atom stereocenters. The van der Waals surface area contributed by atoms with E-state index in [0.29, 0.717) is 0 Å². The van der Waals surface area contributed by atoms with Crippen LogP contribution in [-0.4, -0.2) is 12.2 Å². The predicted molar refractivity (Wildman–Crippen MR) is 45.9 cm³/mol. The number of rotatable bonds is 3. The Kier molecular flexibility index (Phi) is 4.06. The number of hydrogen-bond acceptors (Lipinski definition) is 3. The van der Waals surface area contributed by atoms with Crippen LogP contribution in [0.1, 0.15) is 27.7 Å². The first kappa shape index (κ1) is 11.4. The van der Waals surface area contributed by atoms with Gasteiger partial charge in [-0.15, -0.1) is 0 Å². The van der Waals surface area contributed by atoms with E-state index in [9.17, 15) is 4.57 Å². The maximum atomic E-state index is 11.2. The van der Waals surface area contributed by atoms with E-state index in [2.05, 4.69) is 0 Å². The first-order chi connectivity index (χ1) is 4.77. The summed E-state index contributed by atoms with van der Waals surface area (Å²) in [5.74, 6) is 0. The third-order valence-corrected chi connectivity index (χ3v) is 2.50. The lowest BCUT2D eigenvalue weighted by molar-refractivity contribution is 0.105.